The third-order valence-electron chi connectivity index (χ3n) is 4.19. The summed E-state index contributed by atoms with van der Waals surface area (Å²) in [6.07, 6.45) is 2.14. The van der Waals surface area contributed by atoms with E-state index < -0.39 is 34.2 Å². The molecule has 1 aromatic carbocycles. The second-order valence-electron chi connectivity index (χ2n) is 6.55. The standard InChI is InChI=1S/C18H25ClN2O7S/c19-13-6-8-14(9-7-13)29(25,26)21-15(12-28-17-5-1-2-11-27-17)18(24)20-10-3-4-16(22)23/h6-9,15,17,21H,1-5,10-12H2,(H,20,24)(H,22,23)/t15-,17?/m0/s1. The molecular weight excluding hydrogens is 424 g/mol. The molecular formula is C18H25ClN2O7S. The first-order valence-corrected chi connectivity index (χ1v) is 11.1. The molecule has 0 saturated carbocycles. The molecule has 0 aromatic heterocycles. The van der Waals surface area contributed by atoms with Crippen LogP contribution in [0.5, 0.6) is 0 Å². The zero-order valence-corrected chi connectivity index (χ0v) is 17.4. The van der Waals surface area contributed by atoms with Crippen LogP contribution in [0.4, 0.5) is 0 Å². The molecule has 1 heterocycles. The van der Waals surface area contributed by atoms with Crippen LogP contribution in [0.2, 0.25) is 5.02 Å². The van der Waals surface area contributed by atoms with Crippen LogP contribution in [0.1, 0.15) is 32.1 Å². The fourth-order valence-corrected chi connectivity index (χ4v) is 3.96. The lowest BCUT2D eigenvalue weighted by Gasteiger charge is -2.25. The molecule has 1 fully saturated rings. The molecule has 162 valence electrons. The van der Waals surface area contributed by atoms with Crippen LogP contribution in [0.25, 0.3) is 0 Å². The van der Waals surface area contributed by atoms with E-state index in [1.54, 1.807) is 0 Å². The zero-order chi connectivity index (χ0) is 21.3. The molecule has 0 spiro atoms. The Kier molecular flexibility index (Phi) is 9.31. The summed E-state index contributed by atoms with van der Waals surface area (Å²) >= 11 is 5.79. The van der Waals surface area contributed by atoms with Gasteiger partial charge in [0, 0.05) is 24.6 Å². The minimum atomic E-state index is -4.00. The van der Waals surface area contributed by atoms with Gasteiger partial charge in [0.05, 0.1) is 11.5 Å². The Bertz CT molecular complexity index is 780. The van der Waals surface area contributed by atoms with Gasteiger partial charge >= 0.3 is 5.97 Å². The molecule has 1 aliphatic heterocycles. The average Bonchev–Trinajstić information content (AvgIpc) is 2.69. The van der Waals surface area contributed by atoms with Crippen molar-refractivity contribution in [2.24, 2.45) is 0 Å². The second-order valence-corrected chi connectivity index (χ2v) is 8.70. The van der Waals surface area contributed by atoms with E-state index in [1.807, 2.05) is 0 Å². The van der Waals surface area contributed by atoms with E-state index in [4.69, 9.17) is 26.2 Å². The van der Waals surface area contributed by atoms with Gasteiger partial charge in [0.25, 0.3) is 0 Å². The lowest BCUT2D eigenvalue weighted by atomic mass is 10.2. The Morgan fingerprint density at radius 1 is 1.28 bits per heavy atom. The average molecular weight is 449 g/mol. The van der Waals surface area contributed by atoms with Gasteiger partial charge < -0.3 is 19.9 Å². The number of benzene rings is 1. The molecule has 1 amide bonds. The molecule has 9 nitrogen and oxygen atoms in total. The van der Waals surface area contributed by atoms with Gasteiger partial charge in [0.15, 0.2) is 6.29 Å². The molecule has 1 aliphatic rings. The predicted octanol–water partition coefficient (Wildman–Crippen LogP) is 1.51. The van der Waals surface area contributed by atoms with Gasteiger partial charge in [-0.05, 0) is 49.9 Å². The highest BCUT2D eigenvalue weighted by atomic mass is 35.5. The smallest absolute Gasteiger partial charge is 0.303 e. The molecule has 2 atom stereocenters. The van der Waals surface area contributed by atoms with Gasteiger partial charge in [-0.3, -0.25) is 9.59 Å². The number of amides is 1. The summed E-state index contributed by atoms with van der Waals surface area (Å²) in [6, 6.07) is 4.33. The highest BCUT2D eigenvalue weighted by molar-refractivity contribution is 7.89. The molecule has 11 heteroatoms. The zero-order valence-electron chi connectivity index (χ0n) is 15.8. The fraction of sp³-hybridized carbons (Fsp3) is 0.556. The van der Waals surface area contributed by atoms with Crippen LogP contribution in [0, 0.1) is 0 Å². The number of carbonyl (C=O) groups is 2. The predicted molar refractivity (Wildman–Crippen MR) is 105 cm³/mol. The number of sulfonamides is 1. The van der Waals surface area contributed by atoms with Crippen LogP contribution < -0.4 is 10.0 Å². The largest absolute Gasteiger partial charge is 0.481 e. The van der Waals surface area contributed by atoms with Crippen LogP contribution in [-0.2, 0) is 29.1 Å². The highest BCUT2D eigenvalue weighted by Crippen LogP contribution is 2.16. The number of nitrogens with one attached hydrogen (secondary N) is 2. The van der Waals surface area contributed by atoms with Crippen molar-refractivity contribution < 1.29 is 32.6 Å². The van der Waals surface area contributed by atoms with Gasteiger partial charge in [0.1, 0.15) is 6.04 Å². The quantitative estimate of drug-likeness (QED) is 0.437. The number of carboxylic acids is 1. The van der Waals surface area contributed by atoms with Crippen molar-refractivity contribution in [2.45, 2.75) is 49.3 Å². The number of aliphatic carboxylic acids is 1. The number of hydrogen-bond acceptors (Lipinski definition) is 6. The van der Waals surface area contributed by atoms with Crippen molar-refractivity contribution in [3.63, 3.8) is 0 Å². The van der Waals surface area contributed by atoms with Gasteiger partial charge in [0.2, 0.25) is 15.9 Å². The van der Waals surface area contributed by atoms with Crippen LogP contribution in [-0.4, -0.2) is 57.5 Å². The van der Waals surface area contributed by atoms with Crippen LogP contribution in [0.3, 0.4) is 0 Å². The molecule has 2 rings (SSSR count). The van der Waals surface area contributed by atoms with Gasteiger partial charge in [-0.2, -0.15) is 4.72 Å². The van der Waals surface area contributed by atoms with E-state index in [0.717, 1.165) is 12.8 Å². The molecule has 1 saturated heterocycles. The van der Waals surface area contributed by atoms with Crippen molar-refractivity contribution >= 4 is 33.5 Å². The first-order chi connectivity index (χ1) is 13.8. The minimum absolute atomic E-state index is 0.0421. The number of rotatable bonds is 11. The highest BCUT2D eigenvalue weighted by Gasteiger charge is 2.27. The summed E-state index contributed by atoms with van der Waals surface area (Å²) in [5.41, 5.74) is 0. The summed E-state index contributed by atoms with van der Waals surface area (Å²) in [4.78, 5) is 23.0. The number of hydrogen-bond donors (Lipinski definition) is 3. The topological polar surface area (TPSA) is 131 Å². The first-order valence-electron chi connectivity index (χ1n) is 9.28. The lowest BCUT2D eigenvalue weighted by molar-refractivity contribution is -0.167. The number of carbonyl (C=O) groups excluding carboxylic acids is 1. The van der Waals surface area contributed by atoms with Gasteiger partial charge in [-0.25, -0.2) is 8.42 Å². The van der Waals surface area contributed by atoms with Crippen molar-refractivity contribution in [1.82, 2.24) is 10.0 Å². The Hall–Kier alpha value is -1.72. The van der Waals surface area contributed by atoms with E-state index >= 15 is 0 Å². The molecule has 0 radical (unpaired) electrons. The van der Waals surface area contributed by atoms with E-state index in [0.29, 0.717) is 18.1 Å². The molecule has 3 N–H and O–H groups in total. The van der Waals surface area contributed by atoms with Crippen molar-refractivity contribution in [3.05, 3.63) is 29.3 Å². The SMILES string of the molecule is O=C(O)CCCNC(=O)[C@H](COC1CCCCO1)NS(=O)(=O)c1ccc(Cl)cc1. The summed E-state index contributed by atoms with van der Waals surface area (Å²) in [5.74, 6) is -1.58. The maximum absolute atomic E-state index is 12.6. The molecule has 1 aromatic rings. The summed E-state index contributed by atoms with van der Waals surface area (Å²) in [6.45, 7) is 0.430. The summed E-state index contributed by atoms with van der Waals surface area (Å²) in [5, 5.41) is 11.6. The second kappa shape index (κ2) is 11.5. The Morgan fingerprint density at radius 2 is 2.00 bits per heavy atom. The van der Waals surface area contributed by atoms with Gasteiger partial charge in [-0.15, -0.1) is 0 Å². The third-order valence-corrected chi connectivity index (χ3v) is 5.93. The Labute approximate surface area is 174 Å². The van der Waals surface area contributed by atoms with E-state index in [2.05, 4.69) is 10.0 Å². The first kappa shape index (κ1) is 23.6. The molecule has 0 aliphatic carbocycles. The molecule has 29 heavy (non-hydrogen) atoms. The maximum atomic E-state index is 12.6. The normalized spacial score (nSPS) is 18.2. The minimum Gasteiger partial charge on any atom is -0.481 e. The Morgan fingerprint density at radius 3 is 2.62 bits per heavy atom. The van der Waals surface area contributed by atoms with Crippen LogP contribution in [0.15, 0.2) is 29.2 Å². The van der Waals surface area contributed by atoms with Gasteiger partial charge in [-0.1, -0.05) is 11.6 Å². The number of ether oxygens (including phenoxy) is 2. The van der Waals surface area contributed by atoms with E-state index in [1.165, 1.54) is 24.3 Å². The third kappa shape index (κ3) is 8.27. The number of carboxylic acid groups (broad SMARTS) is 1. The van der Waals surface area contributed by atoms with E-state index in [-0.39, 0.29) is 30.9 Å². The summed E-state index contributed by atoms with van der Waals surface area (Å²) in [7, 11) is -4.00. The maximum Gasteiger partial charge on any atom is 0.303 e. The fourth-order valence-electron chi connectivity index (χ4n) is 2.65. The van der Waals surface area contributed by atoms with Crippen LogP contribution >= 0.6 is 11.6 Å². The van der Waals surface area contributed by atoms with Crippen molar-refractivity contribution in [2.75, 3.05) is 19.8 Å². The number of halogens is 1. The van der Waals surface area contributed by atoms with Crippen molar-refractivity contribution in [1.29, 1.82) is 0 Å². The molecule has 1 unspecified atom stereocenters. The lowest BCUT2D eigenvalue weighted by Crippen LogP contribution is -2.50. The monoisotopic (exact) mass is 448 g/mol. The molecule has 0 bridgehead atoms. The Balaban J connectivity index is 2.02. The van der Waals surface area contributed by atoms with E-state index in [9.17, 15) is 18.0 Å². The summed E-state index contributed by atoms with van der Waals surface area (Å²) < 4.78 is 38.6. The van der Waals surface area contributed by atoms with Crippen molar-refractivity contribution in [3.8, 4) is 0 Å².